The van der Waals surface area contributed by atoms with Gasteiger partial charge >= 0.3 is 0 Å². The lowest BCUT2D eigenvalue weighted by atomic mass is 9.93. The minimum absolute atomic E-state index is 0.0808. The molecule has 1 fully saturated rings. The fourth-order valence-corrected chi connectivity index (χ4v) is 4.32. The fraction of sp³-hybridized carbons (Fsp3) is 0.300. The van der Waals surface area contributed by atoms with Crippen LogP contribution in [0, 0.1) is 6.92 Å². The second-order valence-corrected chi connectivity index (χ2v) is 7.43. The van der Waals surface area contributed by atoms with E-state index in [0.29, 0.717) is 18.2 Å². The molecule has 3 aromatic rings. The first-order chi connectivity index (χ1) is 12.6. The van der Waals surface area contributed by atoms with Gasteiger partial charge in [0, 0.05) is 45.8 Å². The van der Waals surface area contributed by atoms with Crippen LogP contribution in [0.15, 0.2) is 36.4 Å². The van der Waals surface area contributed by atoms with Crippen molar-refractivity contribution in [3.63, 3.8) is 0 Å². The first kappa shape index (κ1) is 17.7. The van der Waals surface area contributed by atoms with E-state index in [9.17, 15) is 5.11 Å². The number of rotatable bonds is 3. The van der Waals surface area contributed by atoms with E-state index in [2.05, 4.69) is 28.9 Å². The molecule has 4 rings (SSSR count). The number of hydrogen-bond acceptors (Lipinski definition) is 3. The van der Waals surface area contributed by atoms with Gasteiger partial charge < -0.3 is 14.8 Å². The Bertz CT molecular complexity index is 948. The third-order valence-electron chi connectivity index (χ3n) is 4.98. The number of H-pyrrole nitrogens is 1. The highest BCUT2D eigenvalue weighted by Crippen LogP contribution is 2.43. The number of para-hydroxylation sites is 1. The van der Waals surface area contributed by atoms with Crippen LogP contribution in [-0.2, 0) is 4.74 Å². The molecule has 0 aliphatic carbocycles. The lowest BCUT2D eigenvalue weighted by Gasteiger charge is -2.35. The SMILES string of the molecule is Cc1[nH]c2ccccc2c1[C@H](c1cc(Cl)cc(Cl)c1O)N1CCOCC1. The van der Waals surface area contributed by atoms with Gasteiger partial charge in [0.1, 0.15) is 5.75 Å². The van der Waals surface area contributed by atoms with Gasteiger partial charge in [0.25, 0.3) is 0 Å². The van der Waals surface area contributed by atoms with Gasteiger partial charge in [-0.15, -0.1) is 0 Å². The number of fused-ring (bicyclic) bond motifs is 1. The van der Waals surface area contributed by atoms with Crippen molar-refractivity contribution in [2.24, 2.45) is 0 Å². The van der Waals surface area contributed by atoms with Gasteiger partial charge in [-0.05, 0) is 25.1 Å². The second-order valence-electron chi connectivity index (χ2n) is 6.59. The number of aromatic nitrogens is 1. The maximum absolute atomic E-state index is 10.7. The van der Waals surface area contributed by atoms with Gasteiger partial charge in [-0.3, -0.25) is 4.90 Å². The molecule has 0 unspecified atom stereocenters. The highest BCUT2D eigenvalue weighted by molar-refractivity contribution is 6.35. The van der Waals surface area contributed by atoms with Crippen LogP contribution in [-0.4, -0.2) is 41.3 Å². The van der Waals surface area contributed by atoms with Crippen LogP contribution in [0.5, 0.6) is 5.75 Å². The summed E-state index contributed by atoms with van der Waals surface area (Å²) >= 11 is 12.5. The van der Waals surface area contributed by atoms with Crippen molar-refractivity contribution >= 4 is 34.1 Å². The van der Waals surface area contributed by atoms with E-state index < -0.39 is 0 Å². The number of nitrogens with one attached hydrogen (secondary N) is 1. The molecule has 1 saturated heterocycles. The van der Waals surface area contributed by atoms with Gasteiger partial charge in [0.05, 0.1) is 24.3 Å². The Morgan fingerprint density at radius 2 is 1.88 bits per heavy atom. The van der Waals surface area contributed by atoms with Crippen molar-refractivity contribution in [3.8, 4) is 5.75 Å². The summed E-state index contributed by atoms with van der Waals surface area (Å²) in [6.07, 6.45) is 0. The van der Waals surface area contributed by atoms with Gasteiger partial charge in [0.15, 0.2) is 0 Å². The zero-order chi connectivity index (χ0) is 18.3. The van der Waals surface area contributed by atoms with Crippen molar-refractivity contribution in [2.75, 3.05) is 26.3 Å². The van der Waals surface area contributed by atoms with E-state index in [1.807, 2.05) is 18.2 Å². The van der Waals surface area contributed by atoms with E-state index >= 15 is 0 Å². The Morgan fingerprint density at radius 3 is 2.65 bits per heavy atom. The average Bonchev–Trinajstić information content (AvgIpc) is 2.96. The van der Waals surface area contributed by atoms with Crippen molar-refractivity contribution < 1.29 is 9.84 Å². The number of hydrogen-bond donors (Lipinski definition) is 2. The average molecular weight is 391 g/mol. The molecule has 2 N–H and O–H groups in total. The molecule has 136 valence electrons. The highest BCUT2D eigenvalue weighted by atomic mass is 35.5. The van der Waals surface area contributed by atoms with Crippen molar-refractivity contribution in [3.05, 3.63) is 63.3 Å². The topological polar surface area (TPSA) is 48.5 Å². The third kappa shape index (κ3) is 3.08. The predicted octanol–water partition coefficient (Wildman–Crippen LogP) is 4.91. The summed E-state index contributed by atoms with van der Waals surface area (Å²) < 4.78 is 5.53. The van der Waals surface area contributed by atoms with Crippen LogP contribution in [0.4, 0.5) is 0 Å². The lowest BCUT2D eigenvalue weighted by molar-refractivity contribution is 0.0237. The Labute approximate surface area is 162 Å². The number of aromatic hydroxyl groups is 1. The molecule has 1 atom stereocenters. The minimum atomic E-state index is -0.161. The monoisotopic (exact) mass is 390 g/mol. The number of aromatic amines is 1. The molecule has 1 aliphatic rings. The summed E-state index contributed by atoms with van der Waals surface area (Å²) in [6.45, 7) is 4.92. The maximum Gasteiger partial charge on any atom is 0.139 e. The number of phenolic OH excluding ortho intramolecular Hbond substituents is 1. The Hall–Kier alpha value is -1.72. The molecule has 1 aromatic heterocycles. The number of ether oxygens (including phenoxy) is 1. The zero-order valence-electron chi connectivity index (χ0n) is 14.4. The zero-order valence-corrected chi connectivity index (χ0v) is 15.9. The standard InChI is InChI=1S/C20H20Cl2N2O2/c1-12-18(14-4-2-3-5-17(14)23-12)19(24-6-8-26-9-7-24)15-10-13(21)11-16(22)20(15)25/h2-5,10-11,19,23,25H,6-9H2,1H3/t19-/m0/s1. The van der Waals surface area contributed by atoms with E-state index in [1.54, 1.807) is 6.07 Å². The first-order valence-electron chi connectivity index (χ1n) is 8.63. The molecule has 2 heterocycles. The molecule has 0 radical (unpaired) electrons. The van der Waals surface area contributed by atoms with Gasteiger partial charge in [-0.25, -0.2) is 0 Å². The molecule has 2 aromatic carbocycles. The number of halogens is 2. The predicted molar refractivity (Wildman–Crippen MR) is 105 cm³/mol. The summed E-state index contributed by atoms with van der Waals surface area (Å²) in [5.74, 6) is 0.0808. The van der Waals surface area contributed by atoms with Crippen LogP contribution >= 0.6 is 23.2 Å². The van der Waals surface area contributed by atoms with Crippen LogP contribution in [0.2, 0.25) is 10.0 Å². The Balaban J connectivity index is 1.96. The summed E-state index contributed by atoms with van der Waals surface area (Å²) in [6, 6.07) is 11.4. The molecule has 0 amide bonds. The Kier molecular flexibility index (Phi) is 4.84. The molecule has 26 heavy (non-hydrogen) atoms. The molecular weight excluding hydrogens is 371 g/mol. The quantitative estimate of drug-likeness (QED) is 0.667. The summed E-state index contributed by atoms with van der Waals surface area (Å²) in [7, 11) is 0. The molecule has 0 spiro atoms. The number of aryl methyl sites for hydroxylation is 1. The van der Waals surface area contributed by atoms with Gasteiger partial charge in [-0.1, -0.05) is 41.4 Å². The number of phenols is 1. The lowest BCUT2D eigenvalue weighted by Crippen LogP contribution is -2.39. The summed E-state index contributed by atoms with van der Waals surface area (Å²) in [5, 5.41) is 12.6. The van der Waals surface area contributed by atoms with Crippen molar-refractivity contribution in [2.45, 2.75) is 13.0 Å². The number of nitrogens with zero attached hydrogens (tertiary/aromatic N) is 1. The number of morpholine rings is 1. The molecular formula is C20H20Cl2N2O2. The van der Waals surface area contributed by atoms with Crippen LogP contribution in [0.1, 0.15) is 22.9 Å². The fourth-order valence-electron chi connectivity index (χ4n) is 3.82. The van der Waals surface area contributed by atoms with E-state index in [4.69, 9.17) is 27.9 Å². The van der Waals surface area contributed by atoms with Crippen LogP contribution < -0.4 is 0 Å². The molecule has 0 saturated carbocycles. The highest BCUT2D eigenvalue weighted by Gasteiger charge is 2.31. The Morgan fingerprint density at radius 1 is 1.15 bits per heavy atom. The molecule has 1 aliphatic heterocycles. The van der Waals surface area contributed by atoms with E-state index in [-0.39, 0.29) is 16.8 Å². The van der Waals surface area contributed by atoms with Crippen molar-refractivity contribution in [1.29, 1.82) is 0 Å². The van der Waals surface area contributed by atoms with Crippen molar-refractivity contribution in [1.82, 2.24) is 9.88 Å². The number of benzene rings is 2. The third-order valence-corrected chi connectivity index (χ3v) is 5.49. The van der Waals surface area contributed by atoms with Crippen LogP contribution in [0.3, 0.4) is 0 Å². The van der Waals surface area contributed by atoms with Gasteiger partial charge in [0.2, 0.25) is 0 Å². The summed E-state index contributed by atoms with van der Waals surface area (Å²) in [4.78, 5) is 5.77. The molecule has 6 heteroatoms. The summed E-state index contributed by atoms with van der Waals surface area (Å²) in [5.41, 5.74) is 4.00. The molecule has 4 nitrogen and oxygen atoms in total. The maximum atomic E-state index is 10.7. The van der Waals surface area contributed by atoms with Crippen LogP contribution in [0.25, 0.3) is 10.9 Å². The second kappa shape index (κ2) is 7.12. The van der Waals surface area contributed by atoms with Gasteiger partial charge in [-0.2, -0.15) is 0 Å². The normalized spacial score (nSPS) is 16.9. The smallest absolute Gasteiger partial charge is 0.139 e. The minimum Gasteiger partial charge on any atom is -0.506 e. The molecule has 0 bridgehead atoms. The van der Waals surface area contributed by atoms with E-state index in [0.717, 1.165) is 40.8 Å². The first-order valence-corrected chi connectivity index (χ1v) is 9.38. The largest absolute Gasteiger partial charge is 0.506 e. The van der Waals surface area contributed by atoms with E-state index in [1.165, 1.54) is 0 Å².